The van der Waals surface area contributed by atoms with Gasteiger partial charge in [-0.25, -0.2) is 0 Å². The van der Waals surface area contributed by atoms with Crippen LogP contribution in [0.1, 0.15) is 301 Å². The van der Waals surface area contributed by atoms with Crippen molar-refractivity contribution in [1.82, 2.24) is 68.6 Å². The Morgan fingerprint density at radius 3 is 0.920 bits per heavy atom. The van der Waals surface area contributed by atoms with Gasteiger partial charge in [0.2, 0.25) is 27.1 Å². The molecule has 5 unspecified atom stereocenters. The van der Waals surface area contributed by atoms with Gasteiger partial charge in [0, 0.05) is 101 Å². The largest absolute Gasteiger partial charge is 0.491 e. The molecule has 0 spiro atoms. The number of hydrogen-bond donors (Lipinski definition) is 6. The Bertz CT molecular complexity index is 6500. The van der Waals surface area contributed by atoms with Gasteiger partial charge >= 0.3 is 47.3 Å². The molecule has 6 aliphatic heterocycles. The third-order valence-corrected chi connectivity index (χ3v) is 42.0. The van der Waals surface area contributed by atoms with Crippen LogP contribution < -0.4 is 77.8 Å². The zero-order valence-corrected chi connectivity index (χ0v) is 104. The fraction of sp³-hybridized carbons (Fsp3) is 0.612. The molecular formula is C98H142I5N15O29SSi2. The van der Waals surface area contributed by atoms with E-state index in [4.69, 9.17) is 42.5 Å². The van der Waals surface area contributed by atoms with Crippen molar-refractivity contribution in [1.29, 1.82) is 0 Å². The quantitative estimate of drug-likeness (QED) is 0.00767. The Morgan fingerprint density at radius 2 is 0.653 bits per heavy atom. The molecule has 11 heterocycles. The van der Waals surface area contributed by atoms with Crippen LogP contribution >= 0.6 is 113 Å². The maximum atomic E-state index is 13.3. The van der Waals surface area contributed by atoms with Crippen molar-refractivity contribution < 1.29 is 113 Å². The number of ketones is 4. The van der Waals surface area contributed by atoms with E-state index in [0.717, 1.165) is 21.7 Å². The van der Waals surface area contributed by atoms with Crippen molar-refractivity contribution in [2.24, 2.45) is 5.73 Å². The number of nitrogens with zero attached hydrogens (tertiary/aromatic N) is 10. The summed E-state index contributed by atoms with van der Waals surface area (Å²) in [5.41, 5.74) is 7.76. The van der Waals surface area contributed by atoms with E-state index < -0.39 is 127 Å². The summed E-state index contributed by atoms with van der Waals surface area (Å²) in [6, 6.07) is -4.71. The van der Waals surface area contributed by atoms with Gasteiger partial charge in [0.15, 0.2) is 74.2 Å². The van der Waals surface area contributed by atoms with Gasteiger partial charge in [0.05, 0.1) is 169 Å². The number of ether oxygens (including phenoxy) is 5. The fourth-order valence-corrected chi connectivity index (χ4v) is 24.7. The lowest BCUT2D eigenvalue weighted by Gasteiger charge is -2.37. The Balaban J connectivity index is 0.000000254. The van der Waals surface area contributed by atoms with E-state index in [2.05, 4.69) is 89.0 Å². The van der Waals surface area contributed by atoms with Gasteiger partial charge in [-0.3, -0.25) is 90.5 Å². The van der Waals surface area contributed by atoms with E-state index >= 15 is 0 Å². The van der Waals surface area contributed by atoms with Crippen molar-refractivity contribution in [3.63, 3.8) is 0 Å². The second-order valence-electron chi connectivity index (χ2n) is 40.7. The number of likely N-dealkylation sites (N-methyl/N-ethyl adjacent to an activating group) is 5. The second-order valence-corrected chi connectivity index (χ2v) is 57.4. The average Bonchev–Trinajstić information content (AvgIpc) is 1.57. The molecule has 150 heavy (non-hydrogen) atoms. The number of carbonyl (C=O) groups is 13. The van der Waals surface area contributed by atoms with E-state index in [9.17, 15) is 99.8 Å². The number of rotatable bonds is 32. The number of aromatic nitrogens is 5. The topological polar surface area (TPSA) is 550 Å². The van der Waals surface area contributed by atoms with E-state index in [1.165, 1.54) is 106 Å². The minimum Gasteiger partial charge on any atom is -0.491 e. The lowest BCUT2D eigenvalue weighted by Crippen LogP contribution is -2.44. The number of nitrogens with two attached hydrogens (primary N) is 1. The summed E-state index contributed by atoms with van der Waals surface area (Å²) in [6.07, 6.45) is 6.14. The van der Waals surface area contributed by atoms with Crippen molar-refractivity contribution in [3.8, 4) is 28.7 Å². The van der Waals surface area contributed by atoms with E-state index in [1.54, 1.807) is 39.0 Å². The number of carbonyl (C=O) groups excluding carboxylic acids is 13. The van der Waals surface area contributed by atoms with Gasteiger partial charge in [-0.1, -0.05) is 69.2 Å². The number of amides is 9. The van der Waals surface area contributed by atoms with E-state index in [-0.39, 0.29) is 178 Å². The Morgan fingerprint density at radius 1 is 0.400 bits per heavy atom. The van der Waals surface area contributed by atoms with Crippen LogP contribution in [0.25, 0.3) is 0 Å². The normalized spacial score (nSPS) is 18.5. The van der Waals surface area contributed by atoms with Crippen LogP contribution in [0.3, 0.4) is 0 Å². The van der Waals surface area contributed by atoms with Gasteiger partial charge in [-0.05, 0) is 214 Å². The molecule has 10 atom stereocenters. The van der Waals surface area contributed by atoms with Crippen molar-refractivity contribution in [2.75, 3.05) is 138 Å². The first kappa shape index (κ1) is 128. The molecule has 0 bridgehead atoms. The second kappa shape index (κ2) is 53.3. The molecule has 9 amide bonds. The van der Waals surface area contributed by atoms with Crippen molar-refractivity contribution in [3.05, 3.63) is 126 Å². The molecule has 7 N–H and O–H groups in total. The Labute approximate surface area is 943 Å². The molecule has 44 nitrogen and oxygen atoms in total. The molecule has 5 aromatic rings. The predicted octanol–water partition coefficient (Wildman–Crippen LogP) is 9.43. The maximum Gasteiger partial charge on any atom is 0.311 e. The highest BCUT2D eigenvalue weighted by atomic mass is 127. The zero-order chi connectivity index (χ0) is 114. The molecule has 52 heteroatoms. The molecule has 0 radical (unpaired) electrons. The summed E-state index contributed by atoms with van der Waals surface area (Å²) in [5.74, 6) is -7.36. The van der Waals surface area contributed by atoms with Crippen molar-refractivity contribution >= 4 is 216 Å². The molecule has 832 valence electrons. The predicted molar refractivity (Wildman–Crippen MR) is 606 cm³/mol. The van der Waals surface area contributed by atoms with Gasteiger partial charge in [0.25, 0.3) is 16.0 Å². The number of methoxy groups -OCH3 is 5. The number of Topliss-reactive ketones (excluding diaryl/α,β-unsaturated/α-hetero) is 4. The van der Waals surface area contributed by atoms with Crippen LogP contribution in [0.4, 0.5) is 0 Å². The number of halogens is 5. The first-order valence-corrected chi connectivity index (χ1v) is 61.8. The smallest absolute Gasteiger partial charge is 0.311 e. The Kier molecular flexibility index (Phi) is 45.6. The molecule has 0 fully saturated rings. The van der Waals surface area contributed by atoms with Gasteiger partial charge in [-0.2, -0.15) is 8.42 Å². The number of fused-ring (bicyclic) bond motifs is 4. The van der Waals surface area contributed by atoms with Gasteiger partial charge in [-0.15, -0.1) is 0 Å². The zero-order valence-electron chi connectivity index (χ0n) is 90.4. The molecule has 0 saturated carbocycles. The first-order chi connectivity index (χ1) is 69.7. The lowest BCUT2D eigenvalue weighted by atomic mass is 10.1. The van der Waals surface area contributed by atoms with Crippen molar-refractivity contribution in [2.45, 2.75) is 256 Å². The Hall–Kier alpha value is -8.51. The lowest BCUT2D eigenvalue weighted by molar-refractivity contribution is -0.144. The van der Waals surface area contributed by atoms with Crippen LogP contribution in [0, 0.1) is 17.9 Å². The highest BCUT2D eigenvalue weighted by Crippen LogP contribution is 2.49. The summed E-state index contributed by atoms with van der Waals surface area (Å²) in [7, 11) is 10.7. The summed E-state index contributed by atoms with van der Waals surface area (Å²) < 4.78 is 78.2. The standard InChI is InChI=1S/C24H38IN3O6Si.C20H33IN2O4Si.C19H26IN3O8S.C18H24IN3O6.C17H21IN4O5/c1-10-11-16(29)19-21(33-7)20(30)17(25)18-15(26-22(31)23(32)27(5)6)12-14(28(18)19)13-34-35(8,9)24(2,3)4;1-8-9-14(24)17-19(26-5)18(25)15(21)16-13(22)10-12(23(16)17)11-27-28(6,7)20(2,3)4;1-6-7-12(24)15-17(30-4)16(25)13(20)14-11(21-18(26)19(27)22(2)3)8-10(23(14)15)9-31-32(5,28)29;1-5-6-11(24)14-16(28-4)15(25)12(19)13-10(7-9(8-23)22(13)14)20-17(26)18(27)21(2)3;1-5-21-7-8-6-9(19-15(24)17(26)20(2)3)11-10(18)13(23)14(27-4)12(16(21)25)22(8)11/h14-15H,10-13H2,1-9H3,(H,26,31);12-13H,8-11,22H2,1-7H3;10-11H,6-9H2,1-5H3,(H,21,26);9-10,23H,5-8H2,1-4H3,(H,20,26);8-9H,5-7H2,1-4H3,(H,19,24)/t14-,15?;12-,13?;10-,11?;9-,10?;8-,9?/m00000/s1. The minimum absolute atomic E-state index is 0.00488. The average molecular weight is 2720 g/mol. The summed E-state index contributed by atoms with van der Waals surface area (Å²) >= 11 is 9.53. The van der Waals surface area contributed by atoms with Gasteiger partial charge in [0.1, 0.15) is 22.8 Å². The van der Waals surface area contributed by atoms with Crippen LogP contribution in [0.2, 0.25) is 36.3 Å². The molecule has 0 aromatic carbocycles. The summed E-state index contributed by atoms with van der Waals surface area (Å²) in [5, 5.41) is 20.7. The number of pyridine rings is 5. The minimum atomic E-state index is -3.80. The highest BCUT2D eigenvalue weighted by molar-refractivity contribution is 14.1. The maximum absolute atomic E-state index is 13.3. The molecule has 6 aliphatic rings. The third kappa shape index (κ3) is 27.9. The van der Waals surface area contributed by atoms with E-state index in [1.807, 2.05) is 132 Å². The van der Waals surface area contributed by atoms with Crippen LogP contribution in [-0.4, -0.2) is 291 Å². The van der Waals surface area contributed by atoms with Crippen LogP contribution in [0.5, 0.6) is 28.7 Å². The molecule has 5 aromatic heterocycles. The number of aliphatic hydroxyl groups excluding tert-OH is 1. The van der Waals surface area contributed by atoms with E-state index in [0.29, 0.717) is 117 Å². The molecule has 0 saturated heterocycles. The number of hydrogen-bond acceptors (Lipinski definition) is 30. The molecule has 0 aliphatic carbocycles. The molecular weight excluding hydrogens is 2570 g/mol. The first-order valence-electron chi connectivity index (χ1n) is 48.8. The SMILES string of the molecule is CCCC(=O)c1c(OC)c(=O)c(I)c2n1[C@H](CO)CC2NC(=O)C(=O)N(C)C.CCCC(=O)c1c(OC)c(=O)c(I)c2n1[C@H](COS(C)(=O)=O)CC2NC(=O)C(=O)N(C)C.CCCC(=O)c1c(OC)c(=O)c(I)c2n1[C@H](CO[Si](C)(C)C(C)(C)C)CC2N.CCCC(=O)c1c(OC)c(=O)c(I)c2n1[C@H](CO[Si](C)(C)C(C)(C)C)CC2NC(=O)C(=O)N(C)C.CCN1C[C@@H]2CC(NC(=O)C(=O)N(C)C)c3c(I)c(=O)c(OC)c(n32)C1=O. The van der Waals surface area contributed by atoms with Crippen LogP contribution in [0.15, 0.2) is 24.0 Å². The highest BCUT2D eigenvalue weighted by Gasteiger charge is 2.50. The number of aliphatic hydroxyl groups is 1. The summed E-state index contributed by atoms with van der Waals surface area (Å²) in [6.45, 7) is 32.3. The monoisotopic (exact) mass is 2720 g/mol. The molecule has 11 rings (SSSR count). The van der Waals surface area contributed by atoms with Crippen LogP contribution in [-0.2, 0) is 61.5 Å². The fourth-order valence-electron chi connectivity index (χ4n) is 17.8. The third-order valence-electron chi connectivity index (χ3n) is 27.3. The number of nitrogens with one attached hydrogen (secondary N) is 4. The summed E-state index contributed by atoms with van der Waals surface area (Å²) in [4.78, 5) is 233. The van der Waals surface area contributed by atoms with Gasteiger partial charge < -0.3 is 112 Å².